The molecular weight excluding hydrogens is 807 g/mol. The smallest absolute Gasteiger partial charge is 0.164 e. The Morgan fingerprint density at radius 3 is 1.42 bits per heavy atom. The third kappa shape index (κ3) is 7.07. The third-order valence-corrected chi connectivity index (χ3v) is 13.6. The lowest BCUT2D eigenvalue weighted by atomic mass is 9.88. The highest BCUT2D eigenvalue weighted by Crippen LogP contribution is 2.43. The van der Waals surface area contributed by atoms with E-state index in [9.17, 15) is 0 Å². The summed E-state index contributed by atoms with van der Waals surface area (Å²) in [6.07, 6.45) is 0. The molecule has 0 spiro atoms. The zero-order valence-corrected chi connectivity index (χ0v) is 36.1. The molecule has 4 heteroatoms. The first kappa shape index (κ1) is 38.4. The third-order valence-electron chi connectivity index (χ3n) is 12.4. The first-order valence-electron chi connectivity index (χ1n) is 21.9. The van der Waals surface area contributed by atoms with E-state index in [0.29, 0.717) is 17.5 Å². The highest BCUT2D eigenvalue weighted by atomic mass is 32.1. The normalized spacial score (nSPS) is 11.4. The minimum Gasteiger partial charge on any atom is -0.208 e. The second-order valence-corrected chi connectivity index (χ2v) is 17.3. The maximum Gasteiger partial charge on any atom is 0.164 e. The van der Waals surface area contributed by atoms with Gasteiger partial charge in [-0.1, -0.05) is 224 Å². The predicted octanol–water partition coefficient (Wildman–Crippen LogP) is 16.7. The van der Waals surface area contributed by atoms with Crippen LogP contribution in [0, 0.1) is 0 Å². The minimum absolute atomic E-state index is 0.614. The molecule has 0 aliphatic carbocycles. The number of hydrogen-bond donors (Lipinski definition) is 0. The molecule has 10 aromatic carbocycles. The Hall–Kier alpha value is -8.31. The second-order valence-electron chi connectivity index (χ2n) is 16.3. The van der Waals surface area contributed by atoms with E-state index in [1.165, 1.54) is 58.8 Å². The van der Waals surface area contributed by atoms with Crippen molar-refractivity contribution in [1.82, 2.24) is 15.0 Å². The summed E-state index contributed by atoms with van der Waals surface area (Å²) in [5, 5.41) is 5.01. The van der Waals surface area contributed by atoms with Crippen LogP contribution in [-0.4, -0.2) is 15.0 Å². The average molecular weight is 846 g/mol. The molecule has 12 aromatic rings. The fourth-order valence-corrected chi connectivity index (χ4v) is 10.5. The largest absolute Gasteiger partial charge is 0.208 e. The molecule has 0 unspecified atom stereocenters. The fraction of sp³-hybridized carbons (Fsp3) is 0. The van der Waals surface area contributed by atoms with Gasteiger partial charge in [-0.2, -0.15) is 0 Å². The van der Waals surface area contributed by atoms with E-state index in [4.69, 9.17) is 15.0 Å². The number of aromatic nitrogens is 3. The maximum atomic E-state index is 5.26. The van der Waals surface area contributed by atoms with Crippen molar-refractivity contribution in [3.8, 4) is 89.8 Å². The van der Waals surface area contributed by atoms with E-state index in [1.807, 2.05) is 23.5 Å². The van der Waals surface area contributed by atoms with Gasteiger partial charge in [-0.25, -0.2) is 15.0 Å². The van der Waals surface area contributed by atoms with Gasteiger partial charge >= 0.3 is 0 Å². The Bertz CT molecular complexity index is 3610. The maximum absolute atomic E-state index is 5.26. The molecule has 0 fully saturated rings. The lowest BCUT2D eigenvalue weighted by Gasteiger charge is -2.16. The number of rotatable bonds is 8. The van der Waals surface area contributed by atoms with Gasteiger partial charge in [0.15, 0.2) is 17.5 Å². The van der Waals surface area contributed by atoms with Crippen molar-refractivity contribution in [2.75, 3.05) is 0 Å². The Balaban J connectivity index is 0.996. The van der Waals surface area contributed by atoms with Crippen molar-refractivity contribution >= 4 is 42.3 Å². The van der Waals surface area contributed by atoms with Gasteiger partial charge < -0.3 is 0 Å². The Morgan fingerprint density at radius 2 is 0.738 bits per heavy atom. The summed E-state index contributed by atoms with van der Waals surface area (Å²) in [6.45, 7) is 0. The van der Waals surface area contributed by atoms with Crippen molar-refractivity contribution in [2.24, 2.45) is 0 Å². The van der Waals surface area contributed by atoms with Crippen LogP contribution in [0.5, 0.6) is 0 Å². The fourth-order valence-electron chi connectivity index (χ4n) is 9.28. The van der Waals surface area contributed by atoms with Gasteiger partial charge in [0.1, 0.15) is 0 Å². The van der Waals surface area contributed by atoms with Crippen LogP contribution in [0.15, 0.2) is 237 Å². The van der Waals surface area contributed by atoms with Crippen LogP contribution in [0.3, 0.4) is 0 Å². The van der Waals surface area contributed by atoms with Crippen molar-refractivity contribution in [1.29, 1.82) is 0 Å². The van der Waals surface area contributed by atoms with Gasteiger partial charge in [0, 0.05) is 36.9 Å². The first-order valence-corrected chi connectivity index (χ1v) is 22.7. The molecule has 0 N–H and O–H groups in total. The molecule has 0 saturated heterocycles. The number of benzene rings is 10. The summed E-state index contributed by atoms with van der Waals surface area (Å²) in [5.74, 6) is 1.86. The highest BCUT2D eigenvalue weighted by molar-refractivity contribution is 7.26. The summed E-state index contributed by atoms with van der Waals surface area (Å²) in [7, 11) is 0. The van der Waals surface area contributed by atoms with E-state index in [-0.39, 0.29) is 0 Å². The van der Waals surface area contributed by atoms with Crippen LogP contribution >= 0.6 is 11.3 Å². The quantitative estimate of drug-likeness (QED) is 0.153. The molecule has 0 aliphatic rings. The summed E-state index contributed by atoms with van der Waals surface area (Å²) in [6, 6.07) is 84.1. The standard InChI is InChI=1S/C61H39N3S/c1-3-17-40(18-4-1)47-24-9-11-28-54(47)60-62-59(63-61(64-60)55-29-12-10-25-48(55)41-19-5-2-6-20-41)44-35-33-43(34-36-44)57-49-26-8-7-21-42(49)37-38-50(57)45-22-15-23-46(39-45)51-30-16-31-53-52-27-13-14-32-56(52)65-58(51)53/h1-39H. The Labute approximate surface area is 381 Å². The van der Waals surface area contributed by atoms with Gasteiger partial charge in [0.2, 0.25) is 0 Å². The Morgan fingerprint density at radius 1 is 0.262 bits per heavy atom. The lowest BCUT2D eigenvalue weighted by molar-refractivity contribution is 1.07. The van der Waals surface area contributed by atoms with Gasteiger partial charge in [-0.3, -0.25) is 0 Å². The monoisotopic (exact) mass is 845 g/mol. The molecule has 0 saturated carbocycles. The van der Waals surface area contributed by atoms with E-state index < -0.39 is 0 Å². The van der Waals surface area contributed by atoms with Crippen molar-refractivity contribution in [2.45, 2.75) is 0 Å². The highest BCUT2D eigenvalue weighted by Gasteiger charge is 2.19. The molecule has 12 rings (SSSR count). The van der Waals surface area contributed by atoms with Gasteiger partial charge in [-0.05, 0) is 78.5 Å². The number of thiophene rings is 1. The van der Waals surface area contributed by atoms with Crippen LogP contribution in [0.4, 0.5) is 0 Å². The van der Waals surface area contributed by atoms with Crippen LogP contribution in [0.2, 0.25) is 0 Å². The molecule has 0 aliphatic heterocycles. The van der Waals surface area contributed by atoms with Crippen molar-refractivity contribution in [3.63, 3.8) is 0 Å². The molecule has 0 amide bonds. The SMILES string of the molecule is c1ccc(-c2ccccc2-c2nc(-c3ccc(-c4c(-c5cccc(-c6cccc7c6sc6ccccc67)c5)ccc5ccccc45)cc3)nc(-c3ccccc3-c3ccccc3)n2)cc1. The molecule has 0 bridgehead atoms. The van der Waals surface area contributed by atoms with Gasteiger partial charge in [0.25, 0.3) is 0 Å². The topological polar surface area (TPSA) is 38.7 Å². The van der Waals surface area contributed by atoms with Crippen molar-refractivity contribution in [3.05, 3.63) is 237 Å². The van der Waals surface area contributed by atoms with Crippen LogP contribution in [0.1, 0.15) is 0 Å². The van der Waals surface area contributed by atoms with Crippen molar-refractivity contribution < 1.29 is 0 Å². The van der Waals surface area contributed by atoms with Crippen LogP contribution in [-0.2, 0) is 0 Å². The molecule has 0 radical (unpaired) electrons. The molecule has 2 heterocycles. The Kier molecular flexibility index (Phi) is 9.70. The number of nitrogens with zero attached hydrogens (tertiary/aromatic N) is 3. The van der Waals surface area contributed by atoms with E-state index >= 15 is 0 Å². The van der Waals surface area contributed by atoms with E-state index in [0.717, 1.165) is 44.5 Å². The molecule has 304 valence electrons. The average Bonchev–Trinajstić information content (AvgIpc) is 3.78. The molecule has 0 atom stereocenters. The first-order chi connectivity index (χ1) is 32.2. The molecular formula is C61H39N3S. The number of fused-ring (bicyclic) bond motifs is 4. The molecule has 65 heavy (non-hydrogen) atoms. The lowest BCUT2D eigenvalue weighted by Crippen LogP contribution is -2.02. The van der Waals surface area contributed by atoms with E-state index in [2.05, 4.69) is 224 Å². The van der Waals surface area contributed by atoms with Crippen LogP contribution in [0.25, 0.3) is 121 Å². The minimum atomic E-state index is 0.614. The summed E-state index contributed by atoms with van der Waals surface area (Å²) >= 11 is 1.87. The summed E-state index contributed by atoms with van der Waals surface area (Å²) in [4.78, 5) is 15.8. The predicted molar refractivity (Wildman–Crippen MR) is 274 cm³/mol. The molecule has 3 nitrogen and oxygen atoms in total. The summed E-state index contributed by atoms with van der Waals surface area (Å²) in [5.41, 5.74) is 14.3. The van der Waals surface area contributed by atoms with Gasteiger partial charge in [-0.15, -0.1) is 11.3 Å². The number of hydrogen-bond acceptors (Lipinski definition) is 4. The zero-order chi connectivity index (χ0) is 43.1. The second kappa shape index (κ2) is 16.4. The summed E-state index contributed by atoms with van der Waals surface area (Å²) < 4.78 is 2.63. The zero-order valence-electron chi connectivity index (χ0n) is 35.3. The van der Waals surface area contributed by atoms with Gasteiger partial charge in [0.05, 0.1) is 0 Å². The molecule has 2 aromatic heterocycles. The van der Waals surface area contributed by atoms with E-state index in [1.54, 1.807) is 0 Å². The van der Waals surface area contributed by atoms with Crippen LogP contribution < -0.4 is 0 Å².